The van der Waals surface area contributed by atoms with Crippen LogP contribution in [0.5, 0.6) is 0 Å². The number of hydrogen-bond donors (Lipinski definition) is 1. The van der Waals surface area contributed by atoms with Crippen molar-refractivity contribution in [2.75, 3.05) is 38.5 Å². The van der Waals surface area contributed by atoms with E-state index in [-0.39, 0.29) is 5.91 Å². The van der Waals surface area contributed by atoms with Crippen LogP contribution in [0.4, 0.5) is 5.69 Å². The normalized spacial score (nSPS) is 15.7. The zero-order chi connectivity index (χ0) is 16.2. The lowest BCUT2D eigenvalue weighted by Crippen LogP contribution is -2.48. The number of rotatable bonds is 4. The van der Waals surface area contributed by atoms with Crippen molar-refractivity contribution < 1.29 is 9.32 Å². The van der Waals surface area contributed by atoms with Gasteiger partial charge in [-0.25, -0.2) is 0 Å². The number of carbonyl (C=O) groups is 1. The van der Waals surface area contributed by atoms with Crippen molar-refractivity contribution in [3.05, 3.63) is 47.3 Å². The first-order valence-electron chi connectivity index (χ1n) is 7.88. The van der Waals surface area contributed by atoms with Gasteiger partial charge >= 0.3 is 0 Å². The Bertz CT molecular complexity index is 675. The summed E-state index contributed by atoms with van der Waals surface area (Å²) in [5.74, 6) is 0.966. The van der Waals surface area contributed by atoms with E-state index < -0.39 is 0 Å². The second-order valence-electron chi connectivity index (χ2n) is 5.80. The van der Waals surface area contributed by atoms with Crippen LogP contribution in [0.1, 0.15) is 21.8 Å². The molecule has 0 saturated carbocycles. The topological polar surface area (TPSA) is 61.6 Å². The average molecular weight is 314 g/mol. The molecule has 3 rings (SSSR count). The van der Waals surface area contributed by atoms with Crippen molar-refractivity contribution in [3.8, 4) is 0 Å². The molecule has 1 aromatic carbocycles. The Kier molecular flexibility index (Phi) is 4.62. The predicted molar refractivity (Wildman–Crippen MR) is 88.4 cm³/mol. The third-order valence-corrected chi connectivity index (χ3v) is 4.14. The van der Waals surface area contributed by atoms with E-state index in [0.717, 1.165) is 55.4 Å². The van der Waals surface area contributed by atoms with Crippen molar-refractivity contribution in [1.29, 1.82) is 0 Å². The summed E-state index contributed by atoms with van der Waals surface area (Å²) < 4.78 is 5.26. The molecular weight excluding hydrogens is 292 g/mol. The number of nitrogens with zero attached hydrogens (tertiary/aromatic N) is 3. The fourth-order valence-electron chi connectivity index (χ4n) is 2.88. The maximum absolute atomic E-state index is 12.7. The van der Waals surface area contributed by atoms with Gasteiger partial charge in [-0.3, -0.25) is 9.69 Å². The van der Waals surface area contributed by atoms with Gasteiger partial charge in [0.05, 0.1) is 17.8 Å². The van der Waals surface area contributed by atoms with Gasteiger partial charge in [-0.05, 0) is 19.1 Å². The smallest absolute Gasteiger partial charge is 0.256 e. The van der Waals surface area contributed by atoms with Crippen LogP contribution in [0.2, 0.25) is 0 Å². The van der Waals surface area contributed by atoms with Crippen molar-refractivity contribution in [3.63, 3.8) is 0 Å². The molecule has 122 valence electrons. The van der Waals surface area contributed by atoms with Crippen LogP contribution in [0.3, 0.4) is 0 Å². The van der Waals surface area contributed by atoms with Gasteiger partial charge in [0.15, 0.2) is 5.76 Å². The van der Waals surface area contributed by atoms with Crippen molar-refractivity contribution in [2.45, 2.75) is 13.5 Å². The zero-order valence-corrected chi connectivity index (χ0v) is 13.6. The Labute approximate surface area is 136 Å². The number of hydrogen-bond acceptors (Lipinski definition) is 5. The Hall–Kier alpha value is -2.34. The summed E-state index contributed by atoms with van der Waals surface area (Å²) in [7, 11) is 1.84. The maximum atomic E-state index is 12.7. The molecule has 1 aliphatic heterocycles. The lowest BCUT2D eigenvalue weighted by Gasteiger charge is -2.34. The van der Waals surface area contributed by atoms with E-state index in [1.54, 1.807) is 0 Å². The van der Waals surface area contributed by atoms with E-state index >= 15 is 0 Å². The number of para-hydroxylation sites is 1. The summed E-state index contributed by atoms with van der Waals surface area (Å²) in [5, 5.41) is 6.99. The van der Waals surface area contributed by atoms with Crippen LogP contribution in [0.25, 0.3) is 0 Å². The number of piperazine rings is 1. The molecule has 0 aliphatic carbocycles. The van der Waals surface area contributed by atoms with Crippen LogP contribution in [-0.4, -0.2) is 54.1 Å². The van der Waals surface area contributed by atoms with E-state index in [9.17, 15) is 4.79 Å². The Balaban J connectivity index is 1.59. The molecular formula is C17H22N4O2. The first kappa shape index (κ1) is 15.6. The number of aryl methyl sites for hydroxylation is 1. The number of nitrogens with one attached hydrogen (secondary N) is 1. The largest absolute Gasteiger partial charge is 0.387 e. The van der Waals surface area contributed by atoms with Gasteiger partial charge in [-0.1, -0.05) is 17.3 Å². The molecule has 0 spiro atoms. The SMILES string of the molecule is CNc1ccccc1C(=O)N1CCN(Cc2cc(C)no2)CC1. The standard InChI is InChI=1S/C17H22N4O2/c1-13-11-14(23-19-13)12-20-7-9-21(10-8-20)17(22)15-5-3-4-6-16(15)18-2/h3-6,11,18H,7-10,12H2,1-2H3. The molecule has 0 radical (unpaired) electrons. The van der Waals surface area contributed by atoms with Crippen LogP contribution in [0, 0.1) is 6.92 Å². The molecule has 1 fully saturated rings. The van der Waals surface area contributed by atoms with Gasteiger partial charge in [-0.2, -0.15) is 0 Å². The van der Waals surface area contributed by atoms with Crippen molar-refractivity contribution in [1.82, 2.24) is 15.0 Å². The monoisotopic (exact) mass is 314 g/mol. The zero-order valence-electron chi connectivity index (χ0n) is 13.6. The molecule has 1 aliphatic rings. The molecule has 1 N–H and O–H groups in total. The Morgan fingerprint density at radius 2 is 2.00 bits per heavy atom. The molecule has 2 aromatic rings. The minimum Gasteiger partial charge on any atom is -0.387 e. The van der Waals surface area contributed by atoms with E-state index in [2.05, 4.69) is 15.4 Å². The molecule has 1 saturated heterocycles. The van der Waals surface area contributed by atoms with Crippen molar-refractivity contribution in [2.24, 2.45) is 0 Å². The lowest BCUT2D eigenvalue weighted by molar-refractivity contribution is 0.0618. The molecule has 23 heavy (non-hydrogen) atoms. The number of aromatic nitrogens is 1. The Morgan fingerprint density at radius 1 is 1.26 bits per heavy atom. The summed E-state index contributed by atoms with van der Waals surface area (Å²) in [6.07, 6.45) is 0. The third kappa shape index (κ3) is 3.53. The molecule has 0 atom stereocenters. The third-order valence-electron chi connectivity index (χ3n) is 4.14. The van der Waals surface area contributed by atoms with Crippen LogP contribution in [-0.2, 0) is 6.54 Å². The fourth-order valence-corrected chi connectivity index (χ4v) is 2.88. The molecule has 0 unspecified atom stereocenters. The van der Waals surface area contributed by atoms with Crippen LogP contribution >= 0.6 is 0 Å². The minimum atomic E-state index is 0.0881. The number of benzene rings is 1. The predicted octanol–water partition coefficient (Wildman–Crippen LogP) is 1.98. The van der Waals surface area contributed by atoms with E-state index in [1.807, 2.05) is 49.2 Å². The van der Waals surface area contributed by atoms with Gasteiger partial charge < -0.3 is 14.7 Å². The molecule has 1 amide bonds. The molecule has 2 heterocycles. The highest BCUT2D eigenvalue weighted by Crippen LogP contribution is 2.18. The molecule has 1 aromatic heterocycles. The Morgan fingerprint density at radius 3 is 2.65 bits per heavy atom. The van der Waals surface area contributed by atoms with Gasteiger partial charge in [0, 0.05) is 45.0 Å². The summed E-state index contributed by atoms with van der Waals surface area (Å²) in [4.78, 5) is 16.9. The second kappa shape index (κ2) is 6.83. The number of anilines is 1. The summed E-state index contributed by atoms with van der Waals surface area (Å²) in [6.45, 7) is 5.80. The van der Waals surface area contributed by atoms with Gasteiger partial charge in [0.2, 0.25) is 0 Å². The summed E-state index contributed by atoms with van der Waals surface area (Å²) in [5.41, 5.74) is 2.50. The highest BCUT2D eigenvalue weighted by atomic mass is 16.5. The quantitative estimate of drug-likeness (QED) is 0.935. The van der Waals surface area contributed by atoms with E-state index in [0.29, 0.717) is 0 Å². The highest BCUT2D eigenvalue weighted by Gasteiger charge is 2.24. The fraction of sp³-hybridized carbons (Fsp3) is 0.412. The van der Waals surface area contributed by atoms with Gasteiger partial charge in [0.1, 0.15) is 0 Å². The first-order chi connectivity index (χ1) is 11.2. The van der Waals surface area contributed by atoms with Crippen LogP contribution < -0.4 is 5.32 Å². The summed E-state index contributed by atoms with van der Waals surface area (Å²) >= 11 is 0. The molecule has 0 bridgehead atoms. The minimum absolute atomic E-state index is 0.0881. The van der Waals surface area contributed by atoms with E-state index in [1.165, 1.54) is 0 Å². The van der Waals surface area contributed by atoms with Crippen molar-refractivity contribution >= 4 is 11.6 Å². The summed E-state index contributed by atoms with van der Waals surface area (Å²) in [6, 6.07) is 9.59. The molecule has 6 nitrogen and oxygen atoms in total. The van der Waals surface area contributed by atoms with Gasteiger partial charge in [0.25, 0.3) is 5.91 Å². The number of amides is 1. The second-order valence-corrected chi connectivity index (χ2v) is 5.80. The first-order valence-corrected chi connectivity index (χ1v) is 7.88. The number of carbonyl (C=O) groups excluding carboxylic acids is 1. The maximum Gasteiger partial charge on any atom is 0.256 e. The van der Waals surface area contributed by atoms with Gasteiger partial charge in [-0.15, -0.1) is 0 Å². The van der Waals surface area contributed by atoms with E-state index in [4.69, 9.17) is 4.52 Å². The average Bonchev–Trinajstić information content (AvgIpc) is 3.00. The highest BCUT2D eigenvalue weighted by molar-refractivity contribution is 5.99. The van der Waals surface area contributed by atoms with Crippen LogP contribution in [0.15, 0.2) is 34.9 Å². The lowest BCUT2D eigenvalue weighted by atomic mass is 10.1. The molecule has 6 heteroatoms.